The molecule has 1 aliphatic carbocycles. The van der Waals surface area contributed by atoms with E-state index in [0.717, 1.165) is 76.5 Å². The molecule has 1 aromatic carbocycles. The van der Waals surface area contributed by atoms with Crippen LogP contribution in [0.15, 0.2) is 35.8 Å². The Morgan fingerprint density at radius 3 is 2.62 bits per heavy atom. The number of anilines is 1. The second-order valence-corrected chi connectivity index (χ2v) is 19.7. The molecule has 1 saturated carbocycles. The van der Waals surface area contributed by atoms with E-state index in [1.165, 1.54) is 16.3 Å². The number of thiazole rings is 1. The van der Waals surface area contributed by atoms with Crippen LogP contribution >= 0.6 is 23.6 Å². The zero-order chi connectivity index (χ0) is 45.4. The minimum atomic E-state index is -0.980. The van der Waals surface area contributed by atoms with Gasteiger partial charge in [-0.3, -0.25) is 29.2 Å². The minimum Gasteiger partial charge on any atom is -0.466 e. The number of thiocarbonyl (C=S) groups is 1. The van der Waals surface area contributed by atoms with Gasteiger partial charge in [0.1, 0.15) is 6.04 Å². The number of rotatable bonds is 9. The van der Waals surface area contributed by atoms with Gasteiger partial charge in [0.25, 0.3) is 0 Å². The van der Waals surface area contributed by atoms with E-state index < -0.39 is 47.1 Å². The van der Waals surface area contributed by atoms with Crippen molar-refractivity contribution in [3.63, 3.8) is 0 Å². The van der Waals surface area contributed by atoms with Crippen LogP contribution in [0.1, 0.15) is 76.3 Å². The van der Waals surface area contributed by atoms with E-state index in [-0.39, 0.29) is 36.6 Å². The van der Waals surface area contributed by atoms with Gasteiger partial charge in [-0.1, -0.05) is 32.1 Å². The first-order valence-electron chi connectivity index (χ1n) is 22.5. The lowest BCUT2D eigenvalue weighted by molar-refractivity contribution is -0.155. The van der Waals surface area contributed by atoms with Crippen molar-refractivity contribution in [1.82, 2.24) is 35.2 Å². The van der Waals surface area contributed by atoms with Gasteiger partial charge in [-0.15, -0.1) is 11.3 Å². The van der Waals surface area contributed by atoms with Gasteiger partial charge in [0, 0.05) is 85.6 Å². The number of esters is 2. The van der Waals surface area contributed by atoms with Crippen molar-refractivity contribution in [2.24, 2.45) is 23.2 Å². The Kier molecular flexibility index (Phi) is 13.6. The Morgan fingerprint density at radius 1 is 1.11 bits per heavy atom. The number of likely N-dealkylation sites (N-methyl/N-ethyl adjacent to an activating group) is 1. The van der Waals surface area contributed by atoms with Crippen molar-refractivity contribution >= 4 is 68.9 Å². The smallest absolute Gasteiger partial charge is 0.324 e. The summed E-state index contributed by atoms with van der Waals surface area (Å²) in [5.74, 6) is -3.75. The number of benzene rings is 1. The van der Waals surface area contributed by atoms with Gasteiger partial charge in [-0.05, 0) is 77.3 Å². The number of carbonyl (C=O) groups is 4. The average molecular weight is 913 g/mol. The zero-order valence-electron chi connectivity index (χ0n) is 37.9. The van der Waals surface area contributed by atoms with Gasteiger partial charge in [0.15, 0.2) is 0 Å². The van der Waals surface area contributed by atoms with Crippen LogP contribution in [0, 0.1) is 23.2 Å². The summed E-state index contributed by atoms with van der Waals surface area (Å²) in [5.41, 5.74) is 10.5. The van der Waals surface area contributed by atoms with Crippen LogP contribution in [-0.2, 0) is 52.8 Å². The largest absolute Gasteiger partial charge is 0.466 e. The maximum absolute atomic E-state index is 14.4. The van der Waals surface area contributed by atoms with Crippen molar-refractivity contribution in [3.05, 3.63) is 52.1 Å². The number of hydrogen-bond donors (Lipinski definition) is 2. The van der Waals surface area contributed by atoms with Crippen LogP contribution in [0.3, 0.4) is 0 Å². The molecular weight excluding hydrogens is 853 g/mol. The monoisotopic (exact) mass is 912 g/mol. The summed E-state index contributed by atoms with van der Waals surface area (Å²) in [4.78, 5) is 69.0. The second kappa shape index (κ2) is 19.0. The Hall–Kier alpha value is -4.81. The van der Waals surface area contributed by atoms with Gasteiger partial charge in [-0.2, -0.15) is 0 Å². The van der Waals surface area contributed by atoms with E-state index in [1.54, 1.807) is 14.0 Å². The first-order valence-corrected chi connectivity index (χ1v) is 23.8. The summed E-state index contributed by atoms with van der Waals surface area (Å²) in [6, 6.07) is 7.96. The van der Waals surface area contributed by atoms with Gasteiger partial charge in [-0.25, -0.2) is 10.4 Å². The number of ether oxygens (including phenoxy) is 3. The van der Waals surface area contributed by atoms with Crippen LogP contribution < -0.4 is 15.6 Å². The molecule has 4 aliphatic rings. The highest BCUT2D eigenvalue weighted by molar-refractivity contribution is 7.80. The van der Waals surface area contributed by atoms with Gasteiger partial charge < -0.3 is 33.9 Å². The van der Waals surface area contributed by atoms with Crippen molar-refractivity contribution in [1.29, 1.82) is 0 Å². The molecule has 8 rings (SSSR count). The Balaban J connectivity index is 1.21. The third kappa shape index (κ3) is 9.46. The molecule has 2 amide bonds. The van der Waals surface area contributed by atoms with E-state index >= 15 is 0 Å². The number of amides is 2. The molecule has 4 aromatic rings. The normalized spacial score (nSPS) is 23.3. The summed E-state index contributed by atoms with van der Waals surface area (Å²) >= 11 is 7.24. The highest BCUT2D eigenvalue weighted by Gasteiger charge is 2.50. The second-order valence-electron chi connectivity index (χ2n) is 18.3. The highest BCUT2D eigenvalue weighted by Crippen LogP contribution is 2.43. The minimum absolute atomic E-state index is 0.0387. The number of fused-ring (bicyclic) bond motifs is 6. The van der Waals surface area contributed by atoms with Crippen LogP contribution in [0.2, 0.25) is 0 Å². The fourth-order valence-corrected chi connectivity index (χ4v) is 10.4. The number of piperazine rings is 1. The molecule has 64 heavy (non-hydrogen) atoms. The lowest BCUT2D eigenvalue weighted by Gasteiger charge is -2.35. The number of carbonyl (C=O) groups excluding carboxylic acids is 4. The molecule has 0 spiro atoms. The molecule has 0 radical (unpaired) electrons. The molecular formula is C47H60N8O7S2. The summed E-state index contributed by atoms with van der Waals surface area (Å²) in [6.07, 6.45) is 3.80. The number of hydrazine groups is 1. The maximum Gasteiger partial charge on any atom is 0.324 e. The predicted molar refractivity (Wildman–Crippen MR) is 250 cm³/mol. The molecule has 342 valence electrons. The molecule has 3 aliphatic heterocycles. The van der Waals surface area contributed by atoms with Crippen molar-refractivity contribution in [2.75, 3.05) is 65.0 Å². The SMILES string of the molecule is CCOC(=O)[C@H]1C[C@@H]1C(=O)NC(=S)[C@H]1Cc2nc(cs2)-c2ccc3c(c2)c(c(-c2cc(N4CCN(C)CC4)cnc2[C@H](C)OC)n3CC)CC(C)(C)COC(=O)[C@@H]2CCCN(N2)C1=O. The highest BCUT2D eigenvalue weighted by atomic mass is 32.1. The number of hydrogen-bond acceptors (Lipinski definition) is 14. The van der Waals surface area contributed by atoms with Crippen molar-refractivity contribution < 1.29 is 33.4 Å². The van der Waals surface area contributed by atoms with Crippen LogP contribution in [-0.4, -0.2) is 119 Å². The number of aromatic nitrogens is 3. The first-order chi connectivity index (χ1) is 30.7. The number of nitrogens with one attached hydrogen (secondary N) is 2. The lowest BCUT2D eigenvalue weighted by atomic mass is 9.84. The molecule has 3 fully saturated rings. The quantitative estimate of drug-likeness (QED) is 0.155. The van der Waals surface area contributed by atoms with Crippen molar-refractivity contribution in [2.45, 2.75) is 85.4 Å². The average Bonchev–Trinajstić information content (AvgIpc) is 3.88. The predicted octanol–water partition coefficient (Wildman–Crippen LogP) is 5.73. The number of cyclic esters (lactones) is 1. The Labute approximate surface area is 384 Å². The van der Waals surface area contributed by atoms with E-state index in [9.17, 15) is 19.2 Å². The van der Waals surface area contributed by atoms with E-state index in [1.807, 2.05) is 18.5 Å². The van der Waals surface area contributed by atoms with Crippen LogP contribution in [0.5, 0.6) is 0 Å². The first kappa shape index (κ1) is 45.7. The summed E-state index contributed by atoms with van der Waals surface area (Å²) < 4.78 is 19.6. The molecule has 2 saturated heterocycles. The standard InChI is InChI=1S/C47H60N8O7S2/c1-8-54-38-13-12-28-19-30(38)35(41(54)33-20-29(24-48-40(33)27(3)60-7)53-17-15-52(6)16-18-53)23-47(4,5)26-62-46(59)36-11-10-14-55(51-36)44(57)34(22-39-49-37(28)25-64-39)43(63)50-42(56)31-21-32(31)45(58)61-9-2/h12-13,19-20,24-25,27,31-32,34,36,51H,8-11,14-18,21-23,26H2,1-7H3,(H,50,56,63)/t27-,31-,32-,34+,36-/m0/s1. The zero-order valence-corrected chi connectivity index (χ0v) is 39.5. The third-order valence-corrected chi connectivity index (χ3v) is 14.3. The summed E-state index contributed by atoms with van der Waals surface area (Å²) in [7, 11) is 3.87. The lowest BCUT2D eigenvalue weighted by Crippen LogP contribution is -2.58. The number of pyridine rings is 1. The van der Waals surface area contributed by atoms with Gasteiger partial charge >= 0.3 is 11.9 Å². The molecule has 2 N–H and O–H groups in total. The fraction of sp³-hybridized carbons (Fsp3) is 0.553. The van der Waals surface area contributed by atoms with Gasteiger partial charge in [0.05, 0.1) is 76.0 Å². The number of nitrogens with zero attached hydrogens (tertiary/aromatic N) is 6. The molecule has 3 aromatic heterocycles. The Bertz CT molecular complexity index is 2440. The third-order valence-electron chi connectivity index (χ3n) is 13.1. The number of aryl methyl sites for hydroxylation is 1. The van der Waals surface area contributed by atoms with E-state index in [0.29, 0.717) is 43.8 Å². The number of methoxy groups -OCH3 is 1. The fourth-order valence-electron chi connectivity index (χ4n) is 9.23. The molecule has 0 unspecified atom stereocenters. The Morgan fingerprint density at radius 2 is 1.89 bits per heavy atom. The van der Waals surface area contributed by atoms with Crippen molar-refractivity contribution in [3.8, 4) is 22.5 Å². The van der Waals surface area contributed by atoms with E-state index in [2.05, 4.69) is 77.2 Å². The van der Waals surface area contributed by atoms with Crippen LogP contribution in [0.25, 0.3) is 33.4 Å². The maximum atomic E-state index is 14.4. The van der Waals surface area contributed by atoms with Crippen LogP contribution in [0.4, 0.5) is 5.69 Å². The molecule has 15 nitrogen and oxygen atoms in total. The summed E-state index contributed by atoms with van der Waals surface area (Å²) in [6.45, 7) is 15.3. The topological polar surface area (TPSA) is 160 Å². The molecule has 6 heterocycles. The molecule has 17 heteroatoms. The molecule has 6 bridgehead atoms. The molecule has 5 atom stereocenters. The van der Waals surface area contributed by atoms with Gasteiger partial charge in [0.2, 0.25) is 11.8 Å². The van der Waals surface area contributed by atoms with E-state index in [4.69, 9.17) is 36.4 Å². The summed E-state index contributed by atoms with van der Waals surface area (Å²) in [5, 5.41) is 7.93.